The lowest BCUT2D eigenvalue weighted by Crippen LogP contribution is -2.56. The van der Waals surface area contributed by atoms with Crippen molar-refractivity contribution in [2.75, 3.05) is 13.2 Å². The number of carboxylic acid groups (broad SMARTS) is 1. The van der Waals surface area contributed by atoms with Crippen LogP contribution in [0.1, 0.15) is 24.8 Å². The minimum atomic E-state index is -1.20. The number of rotatable bonds is 10. The number of benzene rings is 1. The van der Waals surface area contributed by atoms with Crippen LogP contribution in [-0.2, 0) is 20.7 Å². The number of ether oxygens (including phenoxy) is 1. The van der Waals surface area contributed by atoms with Crippen LogP contribution in [0.2, 0.25) is 0 Å². The lowest BCUT2D eigenvalue weighted by Gasteiger charge is -2.39. The lowest BCUT2D eigenvalue weighted by molar-refractivity contribution is -0.144. The Morgan fingerprint density at radius 1 is 1.24 bits per heavy atom. The average Bonchev–Trinajstić information content (AvgIpc) is 2.70. The molecule has 9 heteroatoms. The highest BCUT2D eigenvalue weighted by atomic mass is 35.5. The Balaban J connectivity index is 1.98. The first-order chi connectivity index (χ1) is 13.8. The normalized spacial score (nSPS) is 27.9. The third-order valence-corrected chi connectivity index (χ3v) is 5.96. The maximum atomic E-state index is 12.7. The maximum Gasteiger partial charge on any atom is 0.326 e. The molecule has 0 spiro atoms. The van der Waals surface area contributed by atoms with E-state index in [1.165, 1.54) is 0 Å². The molecule has 5 unspecified atom stereocenters. The first kappa shape index (κ1) is 23.9. The minimum Gasteiger partial charge on any atom is -0.480 e. The second-order valence-electron chi connectivity index (χ2n) is 7.21. The molecular weight excluding hydrogens is 419 g/mol. The van der Waals surface area contributed by atoms with Gasteiger partial charge < -0.3 is 26.0 Å². The maximum absolute atomic E-state index is 12.7. The van der Waals surface area contributed by atoms with E-state index >= 15 is 0 Å². The summed E-state index contributed by atoms with van der Waals surface area (Å²) in [6.45, 7) is 0.970. The zero-order valence-electron chi connectivity index (χ0n) is 16.0. The minimum absolute atomic E-state index is 0.131. The molecular formula is C20H28Cl2N2O5. The van der Waals surface area contributed by atoms with Crippen molar-refractivity contribution in [3.8, 4) is 0 Å². The van der Waals surface area contributed by atoms with Crippen LogP contribution in [0.25, 0.3) is 0 Å². The highest BCUT2D eigenvalue weighted by molar-refractivity contribution is 6.25. The summed E-state index contributed by atoms with van der Waals surface area (Å²) in [5.74, 6) is -2.65. The number of nitrogens with two attached hydrogens (primary N) is 1. The van der Waals surface area contributed by atoms with E-state index in [1.807, 2.05) is 6.07 Å². The van der Waals surface area contributed by atoms with E-state index in [4.69, 9.17) is 33.7 Å². The largest absolute Gasteiger partial charge is 0.480 e. The molecule has 29 heavy (non-hydrogen) atoms. The average molecular weight is 447 g/mol. The number of aliphatic carboxylic acids is 1. The van der Waals surface area contributed by atoms with Gasteiger partial charge in [0.1, 0.15) is 6.04 Å². The summed E-state index contributed by atoms with van der Waals surface area (Å²) in [6, 6.07) is 7.87. The van der Waals surface area contributed by atoms with Gasteiger partial charge in [-0.3, -0.25) is 4.79 Å². The first-order valence-corrected chi connectivity index (χ1v) is 10.6. The third-order valence-electron chi connectivity index (χ3n) is 5.03. The number of aliphatic hydroxyl groups excluding tert-OH is 1. The van der Waals surface area contributed by atoms with Crippen molar-refractivity contribution in [2.45, 2.75) is 54.7 Å². The molecule has 1 aromatic carbocycles. The Morgan fingerprint density at radius 2 is 1.93 bits per heavy atom. The van der Waals surface area contributed by atoms with Gasteiger partial charge in [0.15, 0.2) is 0 Å². The van der Waals surface area contributed by atoms with Crippen molar-refractivity contribution in [1.29, 1.82) is 0 Å². The van der Waals surface area contributed by atoms with Crippen LogP contribution in [0.3, 0.4) is 0 Å². The van der Waals surface area contributed by atoms with E-state index < -0.39 is 46.8 Å². The van der Waals surface area contributed by atoms with E-state index in [0.29, 0.717) is 13.2 Å². The quantitative estimate of drug-likeness (QED) is 0.319. The molecule has 0 radical (unpaired) electrons. The van der Waals surface area contributed by atoms with E-state index in [-0.39, 0.29) is 12.8 Å². The van der Waals surface area contributed by atoms with Crippen LogP contribution in [0, 0.1) is 5.92 Å². The highest BCUT2D eigenvalue weighted by Crippen LogP contribution is 2.34. The summed E-state index contributed by atoms with van der Waals surface area (Å²) in [5.41, 5.74) is 6.23. The second-order valence-corrected chi connectivity index (χ2v) is 8.28. The lowest BCUT2D eigenvalue weighted by atomic mass is 9.83. The van der Waals surface area contributed by atoms with Gasteiger partial charge in [-0.2, -0.15) is 0 Å². The molecule has 0 aliphatic heterocycles. The molecule has 2 rings (SSSR count). The van der Waals surface area contributed by atoms with E-state index in [9.17, 15) is 19.8 Å². The Bertz CT molecular complexity index is 664. The molecule has 1 aromatic rings. The molecule has 7 nitrogen and oxygen atoms in total. The van der Waals surface area contributed by atoms with Crippen molar-refractivity contribution >= 4 is 35.1 Å². The fourth-order valence-electron chi connectivity index (χ4n) is 3.38. The summed E-state index contributed by atoms with van der Waals surface area (Å²) in [4.78, 5) is 24.3. The molecule has 1 fully saturated rings. The van der Waals surface area contributed by atoms with Gasteiger partial charge in [-0.1, -0.05) is 30.3 Å². The molecule has 0 aromatic heterocycles. The van der Waals surface area contributed by atoms with Crippen molar-refractivity contribution in [2.24, 2.45) is 11.7 Å². The summed E-state index contributed by atoms with van der Waals surface area (Å²) >= 11 is 12.7. The zero-order valence-corrected chi connectivity index (χ0v) is 17.6. The van der Waals surface area contributed by atoms with Gasteiger partial charge in [0, 0.05) is 13.0 Å². The topological polar surface area (TPSA) is 122 Å². The molecule has 6 atom stereocenters. The summed E-state index contributed by atoms with van der Waals surface area (Å²) in [5, 5.41) is 21.1. The Labute approximate surface area is 180 Å². The predicted molar refractivity (Wildman–Crippen MR) is 111 cm³/mol. The highest BCUT2D eigenvalue weighted by Gasteiger charge is 2.46. The van der Waals surface area contributed by atoms with Crippen molar-refractivity contribution in [3.05, 3.63) is 35.9 Å². The number of hydrogen-bond acceptors (Lipinski definition) is 5. The number of carboxylic acids is 1. The molecule has 0 saturated heterocycles. The fourth-order valence-corrected chi connectivity index (χ4v) is 4.30. The number of hydrogen-bond donors (Lipinski definition) is 4. The molecule has 1 saturated carbocycles. The molecule has 1 aliphatic carbocycles. The van der Waals surface area contributed by atoms with Gasteiger partial charge in [0.25, 0.3) is 0 Å². The van der Waals surface area contributed by atoms with E-state index in [0.717, 1.165) is 18.4 Å². The summed E-state index contributed by atoms with van der Waals surface area (Å²) < 4.78 is 5.70. The van der Waals surface area contributed by atoms with Gasteiger partial charge in [-0.25, -0.2) is 4.79 Å². The van der Waals surface area contributed by atoms with Crippen molar-refractivity contribution in [1.82, 2.24) is 5.32 Å². The zero-order chi connectivity index (χ0) is 21.4. The first-order valence-electron chi connectivity index (χ1n) is 9.70. The molecule has 0 bridgehead atoms. The number of nitrogens with one attached hydrogen (secondary N) is 1. The van der Waals surface area contributed by atoms with Crippen LogP contribution in [-0.4, -0.2) is 64.2 Å². The standard InChI is InChI=1S/C20H28Cl2N2O5/c21-14-11-13(17(25)16(22)18(14)29-9-5-4-8-23)19(26)24-15(20(27)28)10-12-6-2-1-3-7-12/h1-3,6-7,13-18,25H,4-5,8-11,23H2,(H,24,26)(H,27,28)/t13?,14?,15-,16?,17?,18?/m0/s1. The van der Waals surface area contributed by atoms with Crippen LogP contribution in [0.5, 0.6) is 0 Å². The number of alkyl halides is 2. The fraction of sp³-hybridized carbons (Fsp3) is 0.600. The van der Waals surface area contributed by atoms with Crippen LogP contribution >= 0.6 is 23.2 Å². The number of amides is 1. The van der Waals surface area contributed by atoms with Gasteiger partial charge in [0.2, 0.25) is 5.91 Å². The van der Waals surface area contributed by atoms with Gasteiger partial charge in [-0.05, 0) is 31.4 Å². The molecule has 162 valence electrons. The number of unbranched alkanes of at least 4 members (excludes halogenated alkanes) is 1. The van der Waals surface area contributed by atoms with Crippen LogP contribution in [0.4, 0.5) is 0 Å². The smallest absolute Gasteiger partial charge is 0.326 e. The van der Waals surface area contributed by atoms with Gasteiger partial charge in [0.05, 0.1) is 28.9 Å². The predicted octanol–water partition coefficient (Wildman–Crippen LogP) is 1.52. The van der Waals surface area contributed by atoms with Crippen LogP contribution < -0.4 is 11.1 Å². The Morgan fingerprint density at radius 3 is 2.55 bits per heavy atom. The van der Waals surface area contributed by atoms with Crippen molar-refractivity contribution in [3.63, 3.8) is 0 Å². The Kier molecular flexibility index (Phi) is 9.65. The molecule has 1 aliphatic rings. The van der Waals surface area contributed by atoms with Gasteiger partial charge >= 0.3 is 5.97 Å². The van der Waals surface area contributed by atoms with Gasteiger partial charge in [-0.15, -0.1) is 23.2 Å². The van der Waals surface area contributed by atoms with E-state index in [2.05, 4.69) is 5.32 Å². The van der Waals surface area contributed by atoms with E-state index in [1.54, 1.807) is 24.3 Å². The molecule has 5 N–H and O–H groups in total. The van der Waals surface area contributed by atoms with Crippen molar-refractivity contribution < 1.29 is 24.5 Å². The SMILES string of the molecule is NCCCCOC1C(Cl)CC(C(=O)N[C@@H](Cc2ccccc2)C(=O)O)C(O)C1Cl. The molecule has 0 heterocycles. The monoisotopic (exact) mass is 446 g/mol. The molecule has 1 amide bonds. The number of carbonyl (C=O) groups excluding carboxylic acids is 1. The second kappa shape index (κ2) is 11.7. The Hall–Kier alpha value is -1.38. The number of aliphatic hydroxyl groups is 1. The third kappa shape index (κ3) is 6.83. The summed E-state index contributed by atoms with van der Waals surface area (Å²) in [6.07, 6.45) is 0.0219. The number of carbonyl (C=O) groups is 2. The summed E-state index contributed by atoms with van der Waals surface area (Å²) in [7, 11) is 0. The number of halogens is 2. The van der Waals surface area contributed by atoms with Crippen LogP contribution in [0.15, 0.2) is 30.3 Å².